The van der Waals surface area contributed by atoms with Gasteiger partial charge in [-0.15, -0.1) is 5.10 Å². The summed E-state index contributed by atoms with van der Waals surface area (Å²) in [5.74, 6) is 0.944. The van der Waals surface area contributed by atoms with Crippen LogP contribution in [0.2, 0.25) is 0 Å². The van der Waals surface area contributed by atoms with Gasteiger partial charge in [0.1, 0.15) is 16.5 Å². The molecule has 1 unspecified atom stereocenters. The van der Waals surface area contributed by atoms with Gasteiger partial charge in [-0.05, 0) is 82.6 Å². The lowest BCUT2D eigenvalue weighted by atomic mass is 9.93. The highest BCUT2D eigenvalue weighted by molar-refractivity contribution is 7.90. The lowest BCUT2D eigenvalue weighted by molar-refractivity contribution is -0.190. The molecule has 3 aliphatic heterocycles. The van der Waals surface area contributed by atoms with Gasteiger partial charge in [0, 0.05) is 44.1 Å². The minimum atomic E-state index is -4.25. The van der Waals surface area contributed by atoms with Gasteiger partial charge >= 0.3 is 6.18 Å². The molecule has 2 fully saturated rings. The normalized spacial score (nSPS) is 22.2. The van der Waals surface area contributed by atoms with Crippen LogP contribution in [0.4, 0.5) is 24.8 Å². The largest absolute Gasteiger partial charge is 0.477 e. The third-order valence-electron chi connectivity index (χ3n) is 9.41. The third kappa shape index (κ3) is 6.38. The lowest BCUT2D eigenvalue weighted by Crippen LogP contribution is -2.41. The van der Waals surface area contributed by atoms with Crippen LogP contribution in [-0.2, 0) is 10.0 Å². The first kappa shape index (κ1) is 32.1. The van der Waals surface area contributed by atoms with Crippen LogP contribution in [0.5, 0.6) is 5.88 Å². The zero-order valence-corrected chi connectivity index (χ0v) is 26.9. The Balaban J connectivity index is 1.30. The molecular weight excluding hydrogens is 623 g/mol. The van der Waals surface area contributed by atoms with E-state index in [-0.39, 0.29) is 47.7 Å². The summed E-state index contributed by atoms with van der Waals surface area (Å²) in [5, 5.41) is 4.36. The van der Waals surface area contributed by atoms with Crippen molar-refractivity contribution in [3.63, 3.8) is 0 Å². The number of anilines is 2. The van der Waals surface area contributed by atoms with Gasteiger partial charge in [0.25, 0.3) is 15.9 Å². The van der Waals surface area contributed by atoms with Crippen LogP contribution in [0.1, 0.15) is 69.2 Å². The molecule has 46 heavy (non-hydrogen) atoms. The maximum atomic E-state index is 13.6. The predicted octanol–water partition coefficient (Wildman–Crippen LogP) is 5.12. The highest BCUT2D eigenvalue weighted by Gasteiger charge is 2.62. The third-order valence-corrected chi connectivity index (χ3v) is 10.7. The Bertz CT molecular complexity index is 1710. The summed E-state index contributed by atoms with van der Waals surface area (Å²) >= 11 is 0. The molecule has 248 valence electrons. The second-order valence-corrected chi connectivity index (χ2v) is 14.9. The fourth-order valence-corrected chi connectivity index (χ4v) is 7.39. The molecule has 1 atom stereocenters. The summed E-state index contributed by atoms with van der Waals surface area (Å²) in [4.78, 5) is 26.7. The Hall–Kier alpha value is -3.88. The summed E-state index contributed by atoms with van der Waals surface area (Å²) in [5.41, 5.74) is -1.97. The molecule has 1 saturated heterocycles. The molecule has 6 heterocycles. The Morgan fingerprint density at radius 1 is 1.09 bits per heavy atom. The number of fused-ring (bicyclic) bond motifs is 8. The summed E-state index contributed by atoms with van der Waals surface area (Å²) in [6.45, 7) is 5.42. The van der Waals surface area contributed by atoms with Gasteiger partial charge in [-0.1, -0.05) is 6.42 Å². The monoisotopic (exact) mass is 661 g/mol. The number of halogens is 3. The van der Waals surface area contributed by atoms with Gasteiger partial charge in [-0.25, -0.2) is 27.8 Å². The molecule has 1 saturated carbocycles. The minimum Gasteiger partial charge on any atom is -0.477 e. The number of amides is 1. The van der Waals surface area contributed by atoms with Crippen LogP contribution < -0.4 is 19.3 Å². The quantitative estimate of drug-likeness (QED) is 0.397. The van der Waals surface area contributed by atoms with Crippen molar-refractivity contribution in [2.24, 2.45) is 11.3 Å². The fraction of sp³-hybridized carbons (Fsp3) is 0.548. The topological polar surface area (TPSA) is 123 Å². The van der Waals surface area contributed by atoms with E-state index in [9.17, 15) is 26.4 Å². The van der Waals surface area contributed by atoms with Crippen molar-refractivity contribution in [3.8, 4) is 11.7 Å². The Morgan fingerprint density at radius 3 is 2.54 bits per heavy atom. The van der Waals surface area contributed by atoms with E-state index >= 15 is 0 Å². The van der Waals surface area contributed by atoms with E-state index in [0.717, 1.165) is 32.2 Å². The van der Waals surface area contributed by atoms with Crippen LogP contribution in [0.3, 0.4) is 0 Å². The zero-order valence-electron chi connectivity index (χ0n) is 26.0. The van der Waals surface area contributed by atoms with E-state index in [2.05, 4.69) is 33.6 Å². The Kier molecular flexibility index (Phi) is 8.18. The molecule has 1 N–H and O–H groups in total. The molecule has 0 spiro atoms. The predicted molar refractivity (Wildman–Crippen MR) is 165 cm³/mol. The molecule has 11 nitrogen and oxygen atoms in total. The lowest BCUT2D eigenvalue weighted by Gasteiger charge is -2.34. The maximum absolute atomic E-state index is 13.6. The van der Waals surface area contributed by atoms with Crippen molar-refractivity contribution < 1.29 is 31.1 Å². The van der Waals surface area contributed by atoms with Crippen molar-refractivity contribution in [1.82, 2.24) is 24.5 Å². The number of hydrogen-bond acceptors (Lipinski definition) is 9. The molecule has 15 heteroatoms. The number of aromatic nitrogens is 4. The van der Waals surface area contributed by atoms with Crippen LogP contribution in [0.15, 0.2) is 47.6 Å². The molecule has 1 amide bonds. The van der Waals surface area contributed by atoms with Crippen LogP contribution >= 0.6 is 0 Å². The average Bonchev–Trinajstić information content (AvgIpc) is 3.55. The number of ether oxygens (including phenoxy) is 1. The number of pyridine rings is 2. The highest BCUT2D eigenvalue weighted by atomic mass is 32.2. The van der Waals surface area contributed by atoms with E-state index in [1.807, 2.05) is 11.9 Å². The number of nitrogens with one attached hydrogen (secondary N) is 1. The van der Waals surface area contributed by atoms with Gasteiger partial charge in [-0.3, -0.25) is 4.79 Å². The molecule has 0 radical (unpaired) electrons. The second-order valence-electron chi connectivity index (χ2n) is 13.2. The molecule has 3 aromatic rings. The number of sulfonamides is 1. The molecule has 4 aliphatic rings. The first-order valence-electron chi connectivity index (χ1n) is 15.5. The van der Waals surface area contributed by atoms with Crippen molar-refractivity contribution in [3.05, 3.63) is 48.3 Å². The number of nitrogens with zero attached hydrogens (tertiary/aromatic N) is 6. The molecule has 1 aliphatic carbocycles. The summed E-state index contributed by atoms with van der Waals surface area (Å²) < 4.78 is 75.5. The zero-order chi connectivity index (χ0) is 32.9. The van der Waals surface area contributed by atoms with Crippen LogP contribution in [0, 0.1) is 11.3 Å². The minimum absolute atomic E-state index is 0.0835. The van der Waals surface area contributed by atoms with Gasteiger partial charge in [0.15, 0.2) is 5.82 Å². The molecule has 3 aromatic heterocycles. The second kappa shape index (κ2) is 11.7. The van der Waals surface area contributed by atoms with E-state index in [1.54, 1.807) is 24.4 Å². The van der Waals surface area contributed by atoms with E-state index in [0.29, 0.717) is 29.9 Å². The standard InChI is InChI=1S/C31H38F3N7O4S/c1-29(2)18-21-6-4-5-15-39(3)24-9-7-22(19-35-24)46(43,44)38-28(42)23-8-10-25(36-27(23)40(29)20-21)41-16-11-26(37-41)45-17-14-30(12-13-30)31(32,33)34/h7-11,16,19,21H,4-6,12-15,17-18,20H2,1-3H3,(H,38,42). The average molecular weight is 662 g/mol. The molecular formula is C31H38F3N7O4S. The number of rotatable bonds is 5. The van der Waals surface area contributed by atoms with Crippen molar-refractivity contribution in [2.75, 3.05) is 36.5 Å². The number of carbonyl (C=O) groups excluding carboxylic acids is 1. The Morgan fingerprint density at radius 2 is 1.85 bits per heavy atom. The van der Waals surface area contributed by atoms with E-state index in [4.69, 9.17) is 9.72 Å². The van der Waals surface area contributed by atoms with Crippen LogP contribution in [-0.4, -0.2) is 72.5 Å². The summed E-state index contributed by atoms with van der Waals surface area (Å²) in [7, 11) is -2.33. The molecule has 7 rings (SSSR count). The van der Waals surface area contributed by atoms with Crippen molar-refractivity contribution >= 4 is 27.6 Å². The Labute approximate surface area is 266 Å². The van der Waals surface area contributed by atoms with Gasteiger partial charge in [0.2, 0.25) is 5.88 Å². The number of carbonyl (C=O) groups is 1. The SMILES string of the molecule is CN1CCCCC2CN(c3nc(-n4ccc(OCCC5(C(F)(F)F)CC5)n4)ccc3C(=O)NS(=O)(=O)c3ccc1nc3)C(C)(C)C2. The number of alkyl halides is 3. The van der Waals surface area contributed by atoms with Gasteiger partial charge in [0.05, 0.1) is 17.6 Å². The van der Waals surface area contributed by atoms with Crippen molar-refractivity contribution in [1.29, 1.82) is 0 Å². The fourth-order valence-electron chi connectivity index (χ4n) is 6.48. The first-order chi connectivity index (χ1) is 21.7. The number of hydrogen-bond donors (Lipinski definition) is 1. The van der Waals surface area contributed by atoms with Gasteiger partial charge in [-0.2, -0.15) is 13.2 Å². The smallest absolute Gasteiger partial charge is 0.394 e. The maximum Gasteiger partial charge on any atom is 0.394 e. The summed E-state index contributed by atoms with van der Waals surface area (Å²) in [6.07, 6.45) is 2.41. The van der Waals surface area contributed by atoms with Gasteiger partial charge < -0.3 is 14.5 Å². The van der Waals surface area contributed by atoms with Crippen LogP contribution in [0.25, 0.3) is 5.82 Å². The summed E-state index contributed by atoms with van der Waals surface area (Å²) in [6, 6.07) is 7.64. The highest BCUT2D eigenvalue weighted by Crippen LogP contribution is 2.59. The molecule has 4 bridgehead atoms. The molecule has 0 aromatic carbocycles. The van der Waals surface area contributed by atoms with Crippen molar-refractivity contribution in [2.45, 2.75) is 75.4 Å². The van der Waals surface area contributed by atoms with E-state index < -0.39 is 27.5 Å². The first-order valence-corrected chi connectivity index (χ1v) is 16.9. The van der Waals surface area contributed by atoms with E-state index in [1.165, 1.54) is 23.0 Å².